The monoisotopic (exact) mass is 349 g/mol. The summed E-state index contributed by atoms with van der Waals surface area (Å²) in [6, 6.07) is 14.5. The minimum Gasteiger partial charge on any atom is -0.330 e. The highest BCUT2D eigenvalue weighted by Crippen LogP contribution is 2.53. The van der Waals surface area contributed by atoms with Gasteiger partial charge in [-0.25, -0.2) is 8.42 Å². The summed E-state index contributed by atoms with van der Waals surface area (Å²) in [4.78, 5) is 0.318. The second-order valence-electron chi connectivity index (χ2n) is 5.98. The summed E-state index contributed by atoms with van der Waals surface area (Å²) in [6.45, 7) is 2.47. The van der Waals surface area contributed by atoms with E-state index in [2.05, 4.69) is 19.1 Å². The number of hydrogen-bond donors (Lipinski definition) is 1. The molecule has 0 aliphatic heterocycles. The second-order valence-corrected chi connectivity index (χ2v) is 8.53. The topological polar surface area (TPSA) is 60.2 Å². The fourth-order valence-corrected chi connectivity index (χ4v) is 5.59. The van der Waals surface area contributed by atoms with Crippen molar-refractivity contribution in [1.82, 2.24) is 0 Å². The van der Waals surface area contributed by atoms with E-state index < -0.39 is 15.1 Å². The minimum absolute atomic E-state index is 0.0217. The third kappa shape index (κ3) is 3.03. The number of aryl methyl sites for hydroxylation is 1. The van der Waals surface area contributed by atoms with Crippen molar-refractivity contribution < 1.29 is 8.42 Å². The Morgan fingerprint density at radius 2 is 1.65 bits per heavy atom. The molecule has 0 heterocycles. The van der Waals surface area contributed by atoms with E-state index in [1.54, 1.807) is 24.3 Å². The van der Waals surface area contributed by atoms with Crippen LogP contribution in [0.3, 0.4) is 0 Å². The maximum atomic E-state index is 12.9. The SMILES string of the molecule is CCc1ccc([C@H]2[C@@H](CN)[C@@H]2S(=O)(=O)c2ccc(Cl)cc2)cc1. The number of sulfone groups is 1. The molecule has 0 unspecified atom stereocenters. The van der Waals surface area contributed by atoms with Gasteiger partial charge in [0.1, 0.15) is 0 Å². The van der Waals surface area contributed by atoms with E-state index >= 15 is 0 Å². The first-order chi connectivity index (χ1) is 11.0. The summed E-state index contributed by atoms with van der Waals surface area (Å²) in [7, 11) is -3.40. The molecule has 5 heteroatoms. The Bertz CT molecular complexity index is 785. The highest BCUT2D eigenvalue weighted by Gasteiger charge is 2.57. The van der Waals surface area contributed by atoms with Crippen LogP contribution in [0, 0.1) is 5.92 Å². The lowest BCUT2D eigenvalue weighted by atomic mass is 10.1. The Morgan fingerprint density at radius 1 is 1.04 bits per heavy atom. The molecular formula is C18H20ClNO2S. The lowest BCUT2D eigenvalue weighted by Gasteiger charge is -2.05. The molecule has 0 spiro atoms. The summed E-state index contributed by atoms with van der Waals surface area (Å²) in [5.74, 6) is -0.0465. The van der Waals surface area contributed by atoms with Gasteiger partial charge in [-0.15, -0.1) is 0 Å². The molecule has 0 bridgehead atoms. The molecule has 1 fully saturated rings. The fraction of sp³-hybridized carbons (Fsp3) is 0.333. The van der Waals surface area contributed by atoms with Gasteiger partial charge >= 0.3 is 0 Å². The van der Waals surface area contributed by atoms with Crippen LogP contribution in [0.15, 0.2) is 53.4 Å². The van der Waals surface area contributed by atoms with Crippen LogP contribution in [0.5, 0.6) is 0 Å². The van der Waals surface area contributed by atoms with Crippen LogP contribution < -0.4 is 5.73 Å². The molecule has 0 aromatic heterocycles. The van der Waals surface area contributed by atoms with Crippen LogP contribution in [0.1, 0.15) is 24.0 Å². The summed E-state index contributed by atoms with van der Waals surface area (Å²) >= 11 is 5.85. The zero-order chi connectivity index (χ0) is 16.6. The smallest absolute Gasteiger partial charge is 0.182 e. The van der Waals surface area contributed by atoms with Gasteiger partial charge in [0.2, 0.25) is 0 Å². The first kappa shape index (κ1) is 16.5. The molecule has 3 atom stereocenters. The molecule has 3 rings (SSSR count). The average Bonchev–Trinajstić information content (AvgIpc) is 3.31. The molecule has 1 aliphatic carbocycles. The average molecular weight is 350 g/mol. The predicted octanol–water partition coefficient (Wildman–Crippen LogP) is 3.42. The number of nitrogens with two attached hydrogens (primary N) is 1. The maximum Gasteiger partial charge on any atom is 0.182 e. The molecule has 0 saturated heterocycles. The van der Waals surface area contributed by atoms with Gasteiger partial charge in [-0.3, -0.25) is 0 Å². The van der Waals surface area contributed by atoms with Crippen molar-refractivity contribution in [3.63, 3.8) is 0 Å². The Kier molecular flexibility index (Phi) is 4.50. The van der Waals surface area contributed by atoms with Crippen molar-refractivity contribution in [3.8, 4) is 0 Å². The standard InChI is InChI=1S/C18H20ClNO2S/c1-2-12-3-5-13(6-4-12)17-16(11-20)18(17)23(21,22)15-9-7-14(19)8-10-15/h3-10,16-18H,2,11,20H2,1H3/t16-,17+,18+/m1/s1. The molecule has 23 heavy (non-hydrogen) atoms. The van der Waals surface area contributed by atoms with Crippen LogP contribution in [0.2, 0.25) is 5.02 Å². The molecule has 1 saturated carbocycles. The van der Waals surface area contributed by atoms with Gasteiger partial charge in [0.05, 0.1) is 10.1 Å². The fourth-order valence-electron chi connectivity index (χ4n) is 3.24. The number of rotatable bonds is 5. The van der Waals surface area contributed by atoms with Crippen LogP contribution in [0.25, 0.3) is 0 Å². The summed E-state index contributed by atoms with van der Waals surface area (Å²) in [5.41, 5.74) is 8.12. The van der Waals surface area contributed by atoms with E-state index in [-0.39, 0.29) is 11.8 Å². The van der Waals surface area contributed by atoms with Crippen molar-refractivity contribution in [2.45, 2.75) is 29.4 Å². The lowest BCUT2D eigenvalue weighted by molar-refractivity contribution is 0.591. The van der Waals surface area contributed by atoms with Crippen LogP contribution in [-0.4, -0.2) is 20.2 Å². The van der Waals surface area contributed by atoms with E-state index in [9.17, 15) is 8.42 Å². The Labute approximate surface area is 142 Å². The Morgan fingerprint density at radius 3 is 2.17 bits per heavy atom. The predicted molar refractivity (Wildman–Crippen MR) is 93.5 cm³/mol. The molecule has 0 radical (unpaired) electrons. The summed E-state index contributed by atoms with van der Waals surface area (Å²) in [5, 5.41) is 0.0861. The zero-order valence-electron chi connectivity index (χ0n) is 12.9. The largest absolute Gasteiger partial charge is 0.330 e. The van der Waals surface area contributed by atoms with Crippen molar-refractivity contribution in [3.05, 3.63) is 64.7 Å². The first-order valence-electron chi connectivity index (χ1n) is 7.77. The molecule has 2 N–H and O–H groups in total. The maximum absolute atomic E-state index is 12.9. The van der Waals surface area contributed by atoms with Crippen LogP contribution in [0.4, 0.5) is 0 Å². The van der Waals surface area contributed by atoms with E-state index in [0.29, 0.717) is 16.5 Å². The molecular weight excluding hydrogens is 330 g/mol. The normalized spacial score (nSPS) is 23.7. The third-order valence-corrected chi connectivity index (χ3v) is 7.18. The van der Waals surface area contributed by atoms with Gasteiger partial charge in [0.25, 0.3) is 0 Å². The number of benzene rings is 2. The highest BCUT2D eigenvalue weighted by molar-refractivity contribution is 7.92. The molecule has 3 nitrogen and oxygen atoms in total. The molecule has 2 aromatic rings. The summed E-state index contributed by atoms with van der Waals surface area (Å²) < 4.78 is 25.8. The van der Waals surface area contributed by atoms with Gasteiger partial charge < -0.3 is 5.73 Å². The summed E-state index contributed by atoms with van der Waals surface area (Å²) in [6.07, 6.45) is 0.970. The van der Waals surface area contributed by atoms with Gasteiger partial charge in [-0.1, -0.05) is 42.8 Å². The van der Waals surface area contributed by atoms with Gasteiger partial charge in [0, 0.05) is 10.9 Å². The van der Waals surface area contributed by atoms with Gasteiger partial charge in [0.15, 0.2) is 9.84 Å². The van der Waals surface area contributed by atoms with Crippen LogP contribution in [-0.2, 0) is 16.3 Å². The third-order valence-electron chi connectivity index (χ3n) is 4.64. The van der Waals surface area contributed by atoms with Crippen LogP contribution >= 0.6 is 11.6 Å². The quantitative estimate of drug-likeness (QED) is 0.899. The van der Waals surface area contributed by atoms with Gasteiger partial charge in [-0.2, -0.15) is 0 Å². The number of hydrogen-bond acceptors (Lipinski definition) is 3. The van der Waals surface area contributed by atoms with Crippen molar-refractivity contribution in [2.75, 3.05) is 6.54 Å². The lowest BCUT2D eigenvalue weighted by Crippen LogP contribution is -2.13. The number of halogens is 1. The minimum atomic E-state index is -3.40. The molecule has 0 amide bonds. The Balaban J connectivity index is 1.90. The van der Waals surface area contributed by atoms with E-state index in [0.717, 1.165) is 12.0 Å². The van der Waals surface area contributed by atoms with E-state index in [1.165, 1.54) is 5.56 Å². The zero-order valence-corrected chi connectivity index (χ0v) is 14.5. The van der Waals surface area contributed by atoms with Crippen molar-refractivity contribution >= 4 is 21.4 Å². The van der Waals surface area contributed by atoms with E-state index in [1.807, 2.05) is 12.1 Å². The van der Waals surface area contributed by atoms with Gasteiger partial charge in [-0.05, 0) is 54.3 Å². The molecule has 122 valence electrons. The molecule has 1 aliphatic rings. The second kappa shape index (κ2) is 6.27. The highest BCUT2D eigenvalue weighted by atomic mass is 35.5. The van der Waals surface area contributed by atoms with E-state index in [4.69, 9.17) is 17.3 Å². The molecule has 2 aromatic carbocycles. The van der Waals surface area contributed by atoms with Crippen molar-refractivity contribution in [1.29, 1.82) is 0 Å². The van der Waals surface area contributed by atoms with Crippen molar-refractivity contribution in [2.24, 2.45) is 11.7 Å². The Hall–Kier alpha value is -1.36. The first-order valence-corrected chi connectivity index (χ1v) is 9.69.